The zero-order valence-electron chi connectivity index (χ0n) is 10.4. The largest absolute Gasteiger partial charge is 0.486 e. The zero-order chi connectivity index (χ0) is 13.7. The molecular weight excluding hydrogens is 284 g/mol. The molecule has 4 nitrogen and oxygen atoms in total. The molecule has 1 aromatic heterocycles. The summed E-state index contributed by atoms with van der Waals surface area (Å²) < 4.78 is 5.58. The molecule has 100 valence electrons. The fourth-order valence-electron chi connectivity index (χ4n) is 1.43. The predicted molar refractivity (Wildman–Crippen MR) is 75.7 cm³/mol. The summed E-state index contributed by atoms with van der Waals surface area (Å²) in [7, 11) is 1.61. The SMILES string of the molecule is CNC(=O)Cc1csc(COc2ccc(Cl)cc2)n1. The van der Waals surface area contributed by atoms with Gasteiger partial charge in [-0.25, -0.2) is 4.98 Å². The number of nitrogens with one attached hydrogen (secondary N) is 1. The monoisotopic (exact) mass is 296 g/mol. The Morgan fingerprint density at radius 3 is 2.84 bits per heavy atom. The van der Waals surface area contributed by atoms with Crippen LogP contribution in [0.5, 0.6) is 5.75 Å². The first-order chi connectivity index (χ1) is 9.17. The van der Waals surface area contributed by atoms with Crippen LogP contribution in [0.15, 0.2) is 29.6 Å². The second-order valence-corrected chi connectivity index (χ2v) is 5.20. The zero-order valence-corrected chi connectivity index (χ0v) is 11.9. The van der Waals surface area contributed by atoms with Gasteiger partial charge in [0, 0.05) is 17.5 Å². The standard InChI is InChI=1S/C13H13ClN2O2S/c1-15-12(17)6-10-8-19-13(16-10)7-18-11-4-2-9(14)3-5-11/h2-5,8H,6-7H2,1H3,(H,15,17). The summed E-state index contributed by atoms with van der Waals surface area (Å²) >= 11 is 7.27. The van der Waals surface area contributed by atoms with E-state index in [-0.39, 0.29) is 5.91 Å². The predicted octanol–water partition coefficient (Wildman–Crippen LogP) is 2.66. The van der Waals surface area contributed by atoms with E-state index in [9.17, 15) is 4.79 Å². The Labute approximate surface area is 120 Å². The van der Waals surface area contributed by atoms with Crippen molar-refractivity contribution in [1.82, 2.24) is 10.3 Å². The maximum absolute atomic E-state index is 11.2. The van der Waals surface area contributed by atoms with Crippen molar-refractivity contribution >= 4 is 28.8 Å². The van der Waals surface area contributed by atoms with E-state index < -0.39 is 0 Å². The number of aromatic nitrogens is 1. The van der Waals surface area contributed by atoms with E-state index in [0.717, 1.165) is 16.5 Å². The number of halogens is 1. The number of rotatable bonds is 5. The third-order valence-electron chi connectivity index (χ3n) is 2.40. The quantitative estimate of drug-likeness (QED) is 0.923. The molecule has 19 heavy (non-hydrogen) atoms. The second kappa shape index (κ2) is 6.54. The first kappa shape index (κ1) is 13.8. The number of benzene rings is 1. The molecule has 0 bridgehead atoms. The molecule has 2 rings (SSSR count). The number of likely N-dealkylation sites (N-methyl/N-ethyl adjacent to an activating group) is 1. The molecule has 0 saturated heterocycles. The van der Waals surface area contributed by atoms with Crippen molar-refractivity contribution in [2.24, 2.45) is 0 Å². The van der Waals surface area contributed by atoms with Crippen molar-refractivity contribution < 1.29 is 9.53 Å². The molecule has 0 unspecified atom stereocenters. The van der Waals surface area contributed by atoms with E-state index in [2.05, 4.69) is 10.3 Å². The smallest absolute Gasteiger partial charge is 0.225 e. The Hall–Kier alpha value is -1.59. The number of hydrogen-bond donors (Lipinski definition) is 1. The maximum atomic E-state index is 11.2. The van der Waals surface area contributed by atoms with Gasteiger partial charge in [-0.2, -0.15) is 0 Å². The lowest BCUT2D eigenvalue weighted by Crippen LogP contribution is -2.20. The molecule has 0 aliphatic rings. The number of carbonyl (C=O) groups excluding carboxylic acids is 1. The van der Waals surface area contributed by atoms with Gasteiger partial charge in [-0.15, -0.1) is 11.3 Å². The molecule has 1 amide bonds. The van der Waals surface area contributed by atoms with Crippen molar-refractivity contribution in [2.45, 2.75) is 13.0 Å². The Morgan fingerprint density at radius 1 is 1.42 bits per heavy atom. The van der Waals surface area contributed by atoms with Crippen molar-refractivity contribution in [3.8, 4) is 5.75 Å². The lowest BCUT2D eigenvalue weighted by Gasteiger charge is -2.03. The van der Waals surface area contributed by atoms with Gasteiger partial charge in [0.2, 0.25) is 5.91 Å². The number of carbonyl (C=O) groups is 1. The number of ether oxygens (including phenoxy) is 1. The van der Waals surface area contributed by atoms with E-state index >= 15 is 0 Å². The van der Waals surface area contributed by atoms with Crippen molar-refractivity contribution in [3.63, 3.8) is 0 Å². The van der Waals surface area contributed by atoms with Gasteiger partial charge in [0.15, 0.2) is 0 Å². The summed E-state index contributed by atoms with van der Waals surface area (Å²) in [6.45, 7) is 0.389. The molecule has 2 aromatic rings. The Balaban J connectivity index is 1.89. The van der Waals surface area contributed by atoms with Gasteiger partial charge in [-0.1, -0.05) is 11.6 Å². The summed E-state index contributed by atoms with van der Waals surface area (Å²) in [4.78, 5) is 15.5. The third-order valence-corrected chi connectivity index (χ3v) is 3.52. The minimum absolute atomic E-state index is 0.0459. The summed E-state index contributed by atoms with van der Waals surface area (Å²) in [5.74, 6) is 0.697. The fourth-order valence-corrected chi connectivity index (χ4v) is 2.26. The minimum Gasteiger partial charge on any atom is -0.486 e. The first-order valence-electron chi connectivity index (χ1n) is 5.69. The van der Waals surface area contributed by atoms with Crippen LogP contribution in [0, 0.1) is 0 Å². The van der Waals surface area contributed by atoms with E-state index in [1.165, 1.54) is 11.3 Å². The average Bonchev–Trinajstić information content (AvgIpc) is 2.85. The molecule has 0 radical (unpaired) electrons. The highest BCUT2D eigenvalue weighted by atomic mass is 35.5. The van der Waals surface area contributed by atoms with Crippen molar-refractivity contribution in [2.75, 3.05) is 7.05 Å². The van der Waals surface area contributed by atoms with Gasteiger partial charge in [0.1, 0.15) is 17.4 Å². The third kappa shape index (κ3) is 4.22. The lowest BCUT2D eigenvalue weighted by molar-refractivity contribution is -0.120. The van der Waals surface area contributed by atoms with Crippen LogP contribution < -0.4 is 10.1 Å². The molecule has 0 aliphatic heterocycles. The van der Waals surface area contributed by atoms with Crippen LogP contribution in [-0.2, 0) is 17.8 Å². The van der Waals surface area contributed by atoms with E-state index in [1.54, 1.807) is 31.3 Å². The first-order valence-corrected chi connectivity index (χ1v) is 6.95. The average molecular weight is 297 g/mol. The van der Waals surface area contributed by atoms with E-state index in [4.69, 9.17) is 16.3 Å². The van der Waals surface area contributed by atoms with Crippen LogP contribution in [-0.4, -0.2) is 17.9 Å². The van der Waals surface area contributed by atoms with E-state index in [0.29, 0.717) is 18.1 Å². The Morgan fingerprint density at radius 2 is 2.16 bits per heavy atom. The van der Waals surface area contributed by atoms with Crippen LogP contribution in [0.3, 0.4) is 0 Å². The van der Waals surface area contributed by atoms with Gasteiger partial charge in [-0.05, 0) is 24.3 Å². The number of hydrogen-bond acceptors (Lipinski definition) is 4. The molecule has 0 fully saturated rings. The van der Waals surface area contributed by atoms with Gasteiger partial charge in [0.25, 0.3) is 0 Å². The van der Waals surface area contributed by atoms with Gasteiger partial charge in [-0.3, -0.25) is 4.79 Å². The van der Waals surface area contributed by atoms with Gasteiger partial charge in [0.05, 0.1) is 12.1 Å². The second-order valence-electron chi connectivity index (χ2n) is 3.83. The summed E-state index contributed by atoms with van der Waals surface area (Å²) in [6, 6.07) is 7.16. The number of nitrogens with zero attached hydrogens (tertiary/aromatic N) is 1. The van der Waals surface area contributed by atoms with Crippen LogP contribution in [0.1, 0.15) is 10.7 Å². The number of amides is 1. The highest BCUT2D eigenvalue weighted by Gasteiger charge is 2.06. The molecule has 0 spiro atoms. The minimum atomic E-state index is -0.0459. The van der Waals surface area contributed by atoms with E-state index in [1.807, 2.05) is 5.38 Å². The highest BCUT2D eigenvalue weighted by molar-refractivity contribution is 7.09. The van der Waals surface area contributed by atoms with Gasteiger partial charge >= 0.3 is 0 Å². The topological polar surface area (TPSA) is 51.2 Å². The lowest BCUT2D eigenvalue weighted by atomic mass is 10.3. The highest BCUT2D eigenvalue weighted by Crippen LogP contribution is 2.18. The number of thiazole rings is 1. The normalized spacial score (nSPS) is 10.2. The summed E-state index contributed by atoms with van der Waals surface area (Å²) in [5, 5.41) is 5.96. The summed E-state index contributed by atoms with van der Waals surface area (Å²) in [6.07, 6.45) is 0.300. The van der Waals surface area contributed by atoms with Crippen LogP contribution in [0.4, 0.5) is 0 Å². The van der Waals surface area contributed by atoms with Crippen molar-refractivity contribution in [1.29, 1.82) is 0 Å². The molecule has 6 heteroatoms. The molecular formula is C13H13ClN2O2S. The Kier molecular flexibility index (Phi) is 4.76. The molecule has 1 aromatic carbocycles. The molecule has 0 aliphatic carbocycles. The fraction of sp³-hybridized carbons (Fsp3) is 0.231. The van der Waals surface area contributed by atoms with Crippen LogP contribution in [0.25, 0.3) is 0 Å². The van der Waals surface area contributed by atoms with Crippen LogP contribution >= 0.6 is 22.9 Å². The van der Waals surface area contributed by atoms with Crippen molar-refractivity contribution in [3.05, 3.63) is 45.4 Å². The molecule has 1 heterocycles. The maximum Gasteiger partial charge on any atom is 0.225 e. The Bertz CT molecular complexity index is 554. The van der Waals surface area contributed by atoms with Gasteiger partial charge < -0.3 is 10.1 Å². The molecule has 0 atom stereocenters. The summed E-state index contributed by atoms with van der Waals surface area (Å²) in [5.41, 5.74) is 0.763. The molecule has 1 N–H and O–H groups in total. The van der Waals surface area contributed by atoms with Crippen LogP contribution in [0.2, 0.25) is 5.02 Å². The molecule has 0 saturated carbocycles.